The van der Waals surface area contributed by atoms with E-state index >= 15 is 0 Å². The van der Waals surface area contributed by atoms with Crippen LogP contribution < -0.4 is 73.8 Å². The van der Waals surface area contributed by atoms with Crippen LogP contribution in [0.25, 0.3) is 5.57 Å². The van der Waals surface area contributed by atoms with Gasteiger partial charge in [-0.2, -0.15) is 0 Å². The Morgan fingerprint density at radius 3 is 1.70 bits per heavy atom. The molecule has 0 unspecified atom stereocenters. The van der Waals surface area contributed by atoms with Crippen LogP contribution in [0.3, 0.4) is 0 Å². The monoisotopic (exact) mass is 669 g/mol. The molecule has 0 aromatic heterocycles. The zero-order valence-electron chi connectivity index (χ0n) is 26.5. The van der Waals surface area contributed by atoms with E-state index in [4.69, 9.17) is 0 Å². The minimum absolute atomic E-state index is 0. The van der Waals surface area contributed by atoms with Crippen LogP contribution in [0.5, 0.6) is 0 Å². The standard InChI is InChI=1S/C34H44NO4PS2.2Na/c1-2-3-4-5-6-7-8-9-17-26-41-34(42-27-18-25-39-40(36,37)38)33-29-21-13-15-23-31(29)35(28-19-11-10-12-20-28)32-24-16-14-22-30(32)33;;/h10-16,19-24H,2-9,17-18,25-27H2,1H3,(H2,36,37,38);;/q;2*+1/p-2. The van der Waals surface area contributed by atoms with Crippen molar-refractivity contribution < 1.29 is 78.0 Å². The molecule has 3 aromatic carbocycles. The van der Waals surface area contributed by atoms with Crippen molar-refractivity contribution in [3.63, 3.8) is 0 Å². The molecule has 0 N–H and O–H groups in total. The minimum Gasteiger partial charge on any atom is -0.790 e. The summed E-state index contributed by atoms with van der Waals surface area (Å²) in [5.74, 6) is 1.69. The van der Waals surface area contributed by atoms with Crippen molar-refractivity contribution in [2.45, 2.75) is 71.1 Å². The van der Waals surface area contributed by atoms with Crippen LogP contribution in [-0.4, -0.2) is 18.1 Å². The van der Waals surface area contributed by atoms with Crippen molar-refractivity contribution in [3.8, 4) is 0 Å². The Kier molecular flexibility index (Phi) is 19.9. The van der Waals surface area contributed by atoms with Gasteiger partial charge in [0.2, 0.25) is 0 Å². The Morgan fingerprint density at radius 1 is 0.682 bits per heavy atom. The molecule has 226 valence electrons. The molecule has 0 amide bonds. The molecular weight excluding hydrogens is 627 g/mol. The first-order chi connectivity index (χ1) is 20.5. The van der Waals surface area contributed by atoms with Crippen LogP contribution in [-0.2, 0) is 9.09 Å². The molecule has 1 aliphatic heterocycles. The molecule has 5 nitrogen and oxygen atoms in total. The predicted molar refractivity (Wildman–Crippen MR) is 177 cm³/mol. The molecule has 1 aliphatic rings. The maximum absolute atomic E-state index is 10.9. The van der Waals surface area contributed by atoms with Crippen molar-refractivity contribution in [1.82, 2.24) is 0 Å². The van der Waals surface area contributed by atoms with Gasteiger partial charge in [0.1, 0.15) is 0 Å². The molecule has 0 fully saturated rings. The second-order valence-electron chi connectivity index (χ2n) is 10.5. The molecule has 0 radical (unpaired) electrons. The number of hydrogen-bond acceptors (Lipinski definition) is 7. The van der Waals surface area contributed by atoms with Crippen LogP contribution in [0, 0.1) is 0 Å². The van der Waals surface area contributed by atoms with Gasteiger partial charge in [-0.3, -0.25) is 0 Å². The molecule has 0 spiro atoms. The number of hydrogen-bond donors (Lipinski definition) is 0. The Hall–Kier alpha value is 0.0100. The van der Waals surface area contributed by atoms with Crippen molar-refractivity contribution in [3.05, 3.63) is 94.2 Å². The fraction of sp³-hybridized carbons (Fsp3) is 0.412. The van der Waals surface area contributed by atoms with Gasteiger partial charge in [-0.1, -0.05) is 113 Å². The third-order valence-electron chi connectivity index (χ3n) is 7.30. The molecular formula is C34H42NNa2O4PS2. The summed E-state index contributed by atoms with van der Waals surface area (Å²) in [5.41, 5.74) is 6.98. The molecule has 0 bridgehead atoms. The third kappa shape index (κ3) is 12.6. The molecule has 0 saturated carbocycles. The van der Waals surface area contributed by atoms with Crippen LogP contribution in [0.15, 0.2) is 83.1 Å². The van der Waals surface area contributed by atoms with Gasteiger partial charge in [0.25, 0.3) is 0 Å². The number of fused-ring (bicyclic) bond motifs is 2. The normalized spacial score (nSPS) is 12.2. The summed E-state index contributed by atoms with van der Waals surface area (Å²) in [6, 6.07) is 27.6. The number of phosphoric ester groups is 1. The average Bonchev–Trinajstić information content (AvgIpc) is 2.99. The van der Waals surface area contributed by atoms with E-state index in [1.165, 1.54) is 72.3 Å². The number of para-hydroxylation sites is 3. The van der Waals surface area contributed by atoms with E-state index in [0.717, 1.165) is 29.2 Å². The topological polar surface area (TPSA) is 75.7 Å². The first-order valence-electron chi connectivity index (χ1n) is 15.2. The molecule has 10 heteroatoms. The summed E-state index contributed by atoms with van der Waals surface area (Å²) in [4.78, 5) is 24.2. The van der Waals surface area contributed by atoms with Crippen molar-refractivity contribution >= 4 is 54.0 Å². The van der Waals surface area contributed by atoms with E-state index in [1.807, 2.05) is 17.8 Å². The van der Waals surface area contributed by atoms with E-state index in [-0.39, 0.29) is 65.7 Å². The molecule has 4 rings (SSSR count). The van der Waals surface area contributed by atoms with Crippen LogP contribution in [0.4, 0.5) is 17.1 Å². The van der Waals surface area contributed by atoms with Gasteiger partial charge in [-0.15, -0.1) is 23.5 Å². The zero-order valence-corrected chi connectivity index (χ0v) is 33.1. The maximum Gasteiger partial charge on any atom is 1.00 e. The Balaban J connectivity index is 0.00000337. The second kappa shape index (κ2) is 21.8. The fourth-order valence-corrected chi connectivity index (χ4v) is 8.17. The number of thioether (sulfide) groups is 2. The summed E-state index contributed by atoms with van der Waals surface area (Å²) in [5, 5.41) is 0. The van der Waals surface area contributed by atoms with E-state index in [1.54, 1.807) is 11.8 Å². The molecule has 0 aliphatic carbocycles. The zero-order chi connectivity index (χ0) is 29.6. The number of unbranched alkanes of at least 4 members (excludes halogenated alkanes) is 8. The van der Waals surface area contributed by atoms with Crippen molar-refractivity contribution in [2.24, 2.45) is 0 Å². The van der Waals surface area contributed by atoms with Gasteiger partial charge >= 0.3 is 59.1 Å². The van der Waals surface area contributed by atoms with Gasteiger partial charge in [-0.25, -0.2) is 0 Å². The van der Waals surface area contributed by atoms with Crippen molar-refractivity contribution in [2.75, 3.05) is 23.0 Å². The summed E-state index contributed by atoms with van der Waals surface area (Å²) in [6.07, 6.45) is 12.2. The van der Waals surface area contributed by atoms with Gasteiger partial charge < -0.3 is 23.8 Å². The first-order valence-corrected chi connectivity index (χ1v) is 18.6. The maximum atomic E-state index is 10.9. The number of phosphoric acid groups is 1. The number of nitrogens with zero attached hydrogens (tertiary/aromatic N) is 1. The Morgan fingerprint density at radius 2 is 1.16 bits per heavy atom. The summed E-state index contributed by atoms with van der Waals surface area (Å²) >= 11 is 3.63. The molecule has 3 aromatic rings. The molecule has 44 heavy (non-hydrogen) atoms. The smallest absolute Gasteiger partial charge is 0.790 e. The van der Waals surface area contributed by atoms with Gasteiger partial charge in [-0.05, 0) is 42.9 Å². The fourth-order valence-electron chi connectivity index (χ4n) is 5.27. The van der Waals surface area contributed by atoms with Crippen LogP contribution >= 0.6 is 31.3 Å². The van der Waals surface area contributed by atoms with Crippen LogP contribution in [0.2, 0.25) is 0 Å². The van der Waals surface area contributed by atoms with E-state index in [0.29, 0.717) is 12.2 Å². The minimum atomic E-state index is -4.95. The van der Waals surface area contributed by atoms with E-state index in [2.05, 4.69) is 89.1 Å². The van der Waals surface area contributed by atoms with E-state index < -0.39 is 7.82 Å². The second-order valence-corrected chi connectivity index (χ2v) is 14.1. The van der Waals surface area contributed by atoms with Crippen LogP contribution in [0.1, 0.15) is 82.3 Å². The van der Waals surface area contributed by atoms with Crippen molar-refractivity contribution in [1.29, 1.82) is 0 Å². The largest absolute Gasteiger partial charge is 1.00 e. The third-order valence-corrected chi connectivity index (χ3v) is 10.4. The van der Waals surface area contributed by atoms with E-state index in [9.17, 15) is 14.4 Å². The van der Waals surface area contributed by atoms with Gasteiger partial charge in [0.15, 0.2) is 0 Å². The number of benzene rings is 3. The van der Waals surface area contributed by atoms with Gasteiger partial charge in [0, 0.05) is 32.4 Å². The summed E-state index contributed by atoms with van der Waals surface area (Å²) in [7, 11) is -4.95. The van der Waals surface area contributed by atoms with Gasteiger partial charge in [0.05, 0.1) is 25.8 Å². The molecule has 0 atom stereocenters. The number of rotatable bonds is 18. The summed E-state index contributed by atoms with van der Waals surface area (Å²) < 4.78 is 16.7. The average molecular weight is 670 g/mol. The quantitative estimate of drug-likeness (QED) is 0.0914. The SMILES string of the molecule is CCCCCCCCCCCSC(SCCCOP(=O)([O-])[O-])=C1c2ccccc2N(c2ccccc2)c2ccccc21.[Na+].[Na+]. The predicted octanol–water partition coefficient (Wildman–Crippen LogP) is 3.43. The Labute approximate surface area is 317 Å². The number of anilines is 3. The summed E-state index contributed by atoms with van der Waals surface area (Å²) in [6.45, 7) is 2.17. The molecule has 0 saturated heterocycles. The molecule has 1 heterocycles. The first kappa shape index (κ1) is 40.2. The Bertz CT molecular complexity index is 1290.